The smallest absolute Gasteiger partial charge is 0.225 e. The summed E-state index contributed by atoms with van der Waals surface area (Å²) in [5.74, 6) is 0.830. The maximum atomic E-state index is 6.12. The molecule has 2 N–H and O–H groups in total. The third kappa shape index (κ3) is 3.14. The molecule has 17 heavy (non-hydrogen) atoms. The van der Waals surface area contributed by atoms with Crippen LogP contribution in [-0.4, -0.2) is 47.2 Å². The molecule has 0 amide bonds. The van der Waals surface area contributed by atoms with Crippen molar-refractivity contribution in [2.75, 3.05) is 31.1 Å². The van der Waals surface area contributed by atoms with Gasteiger partial charge in [0.15, 0.2) is 0 Å². The van der Waals surface area contributed by atoms with E-state index in [4.69, 9.17) is 5.73 Å². The minimum absolute atomic E-state index is 0.207. The summed E-state index contributed by atoms with van der Waals surface area (Å²) < 4.78 is 0. The van der Waals surface area contributed by atoms with E-state index in [1.807, 2.05) is 6.07 Å². The van der Waals surface area contributed by atoms with Crippen LogP contribution in [0.4, 0.5) is 5.95 Å². The molecular formula is C12H21N5. The highest BCUT2D eigenvalue weighted by Crippen LogP contribution is 2.11. The molecule has 5 nitrogen and oxygen atoms in total. The molecule has 0 aromatic carbocycles. The van der Waals surface area contributed by atoms with E-state index in [-0.39, 0.29) is 6.17 Å². The van der Waals surface area contributed by atoms with E-state index >= 15 is 0 Å². The fraction of sp³-hybridized carbons (Fsp3) is 0.667. The van der Waals surface area contributed by atoms with Crippen molar-refractivity contribution in [3.05, 3.63) is 18.5 Å². The zero-order valence-corrected chi connectivity index (χ0v) is 10.4. The van der Waals surface area contributed by atoms with Crippen LogP contribution in [0.5, 0.6) is 0 Å². The van der Waals surface area contributed by atoms with Gasteiger partial charge in [0.05, 0.1) is 6.17 Å². The Kier molecular flexibility index (Phi) is 4.28. The SMILES string of the molecule is CCCC(N)N1CCN(c2ncccn2)CC1. The molecule has 5 heteroatoms. The standard InChI is InChI=1S/C12H21N5/c1-2-4-11(13)16-7-9-17(10-8-16)12-14-5-3-6-15-12/h3,5-6,11H,2,4,7-10,13H2,1H3. The lowest BCUT2D eigenvalue weighted by Crippen LogP contribution is -2.53. The molecule has 1 fully saturated rings. The topological polar surface area (TPSA) is 58.3 Å². The first-order valence-corrected chi connectivity index (χ1v) is 6.33. The van der Waals surface area contributed by atoms with Crippen molar-refractivity contribution < 1.29 is 0 Å². The second-order valence-corrected chi connectivity index (χ2v) is 4.43. The lowest BCUT2D eigenvalue weighted by atomic mass is 10.2. The number of nitrogens with two attached hydrogens (primary N) is 1. The Bertz CT molecular complexity index is 321. The second kappa shape index (κ2) is 5.93. The molecular weight excluding hydrogens is 214 g/mol. The average Bonchev–Trinajstić information content (AvgIpc) is 2.40. The van der Waals surface area contributed by atoms with Crippen LogP contribution in [0.1, 0.15) is 19.8 Å². The van der Waals surface area contributed by atoms with Crippen LogP contribution in [0.3, 0.4) is 0 Å². The van der Waals surface area contributed by atoms with Gasteiger partial charge in [-0.25, -0.2) is 9.97 Å². The molecule has 1 aromatic heterocycles. The highest BCUT2D eigenvalue weighted by molar-refractivity contribution is 5.29. The number of anilines is 1. The summed E-state index contributed by atoms with van der Waals surface area (Å²) in [6, 6.07) is 1.84. The molecule has 2 rings (SSSR count). The van der Waals surface area contributed by atoms with Crippen molar-refractivity contribution in [1.29, 1.82) is 0 Å². The molecule has 0 bridgehead atoms. The number of hydrogen-bond donors (Lipinski definition) is 1. The van der Waals surface area contributed by atoms with Gasteiger partial charge in [-0.1, -0.05) is 13.3 Å². The maximum absolute atomic E-state index is 6.12. The zero-order valence-electron chi connectivity index (χ0n) is 10.4. The Morgan fingerprint density at radius 3 is 2.47 bits per heavy atom. The molecule has 1 atom stereocenters. The van der Waals surface area contributed by atoms with Gasteiger partial charge in [-0.2, -0.15) is 0 Å². The summed E-state index contributed by atoms with van der Waals surface area (Å²) in [5.41, 5.74) is 6.12. The number of rotatable bonds is 4. The Morgan fingerprint density at radius 1 is 1.24 bits per heavy atom. The summed E-state index contributed by atoms with van der Waals surface area (Å²) in [7, 11) is 0. The van der Waals surface area contributed by atoms with Crippen LogP contribution in [-0.2, 0) is 0 Å². The number of nitrogens with zero attached hydrogens (tertiary/aromatic N) is 4. The van der Waals surface area contributed by atoms with E-state index in [1.54, 1.807) is 12.4 Å². The Balaban J connectivity index is 1.86. The third-order valence-electron chi connectivity index (χ3n) is 3.20. The van der Waals surface area contributed by atoms with Crippen LogP contribution in [0.25, 0.3) is 0 Å². The molecule has 0 saturated carbocycles. The van der Waals surface area contributed by atoms with Gasteiger partial charge in [0.25, 0.3) is 0 Å². The first-order valence-electron chi connectivity index (χ1n) is 6.33. The van der Waals surface area contributed by atoms with E-state index in [1.165, 1.54) is 0 Å². The second-order valence-electron chi connectivity index (χ2n) is 4.43. The van der Waals surface area contributed by atoms with E-state index in [0.717, 1.165) is 45.0 Å². The first-order chi connectivity index (χ1) is 8.31. The van der Waals surface area contributed by atoms with Crippen molar-refractivity contribution in [3.63, 3.8) is 0 Å². The van der Waals surface area contributed by atoms with Crippen LogP contribution in [0, 0.1) is 0 Å². The number of piperazine rings is 1. The molecule has 0 spiro atoms. The van der Waals surface area contributed by atoms with Crippen LogP contribution < -0.4 is 10.6 Å². The van der Waals surface area contributed by atoms with Crippen molar-refractivity contribution in [1.82, 2.24) is 14.9 Å². The summed E-state index contributed by atoms with van der Waals surface area (Å²) >= 11 is 0. The summed E-state index contributed by atoms with van der Waals surface area (Å²) in [4.78, 5) is 13.1. The molecule has 0 aliphatic carbocycles. The molecule has 94 valence electrons. The van der Waals surface area contributed by atoms with Gasteiger partial charge in [0, 0.05) is 38.6 Å². The minimum Gasteiger partial charge on any atom is -0.338 e. The average molecular weight is 235 g/mol. The third-order valence-corrected chi connectivity index (χ3v) is 3.20. The van der Waals surface area contributed by atoms with Gasteiger partial charge < -0.3 is 10.6 Å². The largest absolute Gasteiger partial charge is 0.338 e. The van der Waals surface area contributed by atoms with Gasteiger partial charge in [-0.3, -0.25) is 4.90 Å². The van der Waals surface area contributed by atoms with E-state index in [0.29, 0.717) is 0 Å². The van der Waals surface area contributed by atoms with Crippen molar-refractivity contribution in [3.8, 4) is 0 Å². The fourth-order valence-corrected chi connectivity index (χ4v) is 2.19. The quantitative estimate of drug-likeness (QED) is 0.832. The zero-order chi connectivity index (χ0) is 12.1. The molecule has 2 heterocycles. The highest BCUT2D eigenvalue weighted by Gasteiger charge is 2.21. The Labute approximate surface area is 103 Å². The summed E-state index contributed by atoms with van der Waals surface area (Å²) in [5, 5.41) is 0. The summed E-state index contributed by atoms with van der Waals surface area (Å²) in [6.07, 6.45) is 6.00. The van der Waals surface area contributed by atoms with Crippen LogP contribution in [0.15, 0.2) is 18.5 Å². The van der Waals surface area contributed by atoms with Crippen LogP contribution in [0.2, 0.25) is 0 Å². The molecule has 1 saturated heterocycles. The molecule has 1 unspecified atom stereocenters. The van der Waals surface area contributed by atoms with Crippen molar-refractivity contribution >= 4 is 5.95 Å². The maximum Gasteiger partial charge on any atom is 0.225 e. The van der Waals surface area contributed by atoms with Gasteiger partial charge >= 0.3 is 0 Å². The first kappa shape index (κ1) is 12.3. The fourth-order valence-electron chi connectivity index (χ4n) is 2.19. The van der Waals surface area contributed by atoms with Gasteiger partial charge in [-0.05, 0) is 12.5 Å². The summed E-state index contributed by atoms with van der Waals surface area (Å²) in [6.45, 7) is 6.09. The lowest BCUT2D eigenvalue weighted by molar-refractivity contribution is 0.178. The number of hydrogen-bond acceptors (Lipinski definition) is 5. The molecule has 1 aliphatic rings. The minimum atomic E-state index is 0.207. The van der Waals surface area contributed by atoms with Crippen molar-refractivity contribution in [2.24, 2.45) is 5.73 Å². The number of aromatic nitrogens is 2. The Morgan fingerprint density at radius 2 is 1.88 bits per heavy atom. The van der Waals surface area contributed by atoms with E-state index in [9.17, 15) is 0 Å². The predicted molar refractivity (Wildman–Crippen MR) is 68.7 cm³/mol. The van der Waals surface area contributed by atoms with Gasteiger partial charge in [0.2, 0.25) is 5.95 Å². The van der Waals surface area contributed by atoms with E-state index in [2.05, 4.69) is 26.7 Å². The monoisotopic (exact) mass is 235 g/mol. The predicted octanol–water partition coefficient (Wildman–Crippen LogP) is 0.683. The lowest BCUT2D eigenvalue weighted by Gasteiger charge is -2.37. The molecule has 1 aromatic rings. The highest BCUT2D eigenvalue weighted by atomic mass is 15.3. The van der Waals surface area contributed by atoms with Gasteiger partial charge in [-0.15, -0.1) is 0 Å². The van der Waals surface area contributed by atoms with Crippen LogP contribution >= 0.6 is 0 Å². The van der Waals surface area contributed by atoms with Crippen molar-refractivity contribution in [2.45, 2.75) is 25.9 Å². The normalized spacial score (nSPS) is 19.3. The van der Waals surface area contributed by atoms with Gasteiger partial charge in [0.1, 0.15) is 0 Å². The molecule has 0 radical (unpaired) electrons. The molecule has 1 aliphatic heterocycles. The Hall–Kier alpha value is -1.20. The van der Waals surface area contributed by atoms with E-state index < -0.39 is 0 Å².